The third kappa shape index (κ3) is 3.55. The lowest BCUT2D eigenvalue weighted by Crippen LogP contribution is -2.39. The molecule has 5 nitrogen and oxygen atoms in total. The number of carbonyl (C=O) groups excluding carboxylic acids is 1. The Kier molecular flexibility index (Phi) is 4.78. The van der Waals surface area contributed by atoms with Gasteiger partial charge in [0.2, 0.25) is 5.91 Å². The number of amides is 1. The van der Waals surface area contributed by atoms with Crippen LogP contribution in [0.3, 0.4) is 0 Å². The van der Waals surface area contributed by atoms with Gasteiger partial charge in [-0.25, -0.2) is 15.2 Å². The zero-order valence-electron chi connectivity index (χ0n) is 13.6. The van der Waals surface area contributed by atoms with E-state index in [4.69, 9.17) is 4.74 Å². The van der Waals surface area contributed by atoms with Gasteiger partial charge in [-0.15, -0.1) is 0 Å². The summed E-state index contributed by atoms with van der Waals surface area (Å²) in [7, 11) is 1.57. The number of ether oxygens (including phenoxy) is 1. The van der Waals surface area contributed by atoms with Crippen LogP contribution in [0.15, 0.2) is 42.5 Å². The molecule has 0 saturated carbocycles. The molecule has 2 aromatic carbocycles. The smallest absolute Gasteiger partial charge is 0.243 e. The zero-order chi connectivity index (χ0) is 17.1. The van der Waals surface area contributed by atoms with Gasteiger partial charge in [-0.2, -0.15) is 0 Å². The molecule has 0 spiro atoms. The van der Waals surface area contributed by atoms with Crippen molar-refractivity contribution in [2.75, 3.05) is 12.4 Å². The van der Waals surface area contributed by atoms with Crippen LogP contribution in [-0.4, -0.2) is 19.1 Å². The van der Waals surface area contributed by atoms with Gasteiger partial charge < -0.3 is 10.1 Å². The summed E-state index contributed by atoms with van der Waals surface area (Å²) in [6.07, 6.45) is 0.575. The van der Waals surface area contributed by atoms with Crippen LogP contribution in [0.4, 0.5) is 10.1 Å². The molecule has 2 aromatic rings. The van der Waals surface area contributed by atoms with Crippen molar-refractivity contribution in [2.45, 2.75) is 25.4 Å². The molecule has 126 valence electrons. The van der Waals surface area contributed by atoms with E-state index >= 15 is 0 Å². The molecule has 1 saturated heterocycles. The number of anilines is 1. The monoisotopic (exact) mass is 329 g/mol. The van der Waals surface area contributed by atoms with Crippen LogP contribution in [0.1, 0.15) is 23.6 Å². The third-order valence-corrected chi connectivity index (χ3v) is 4.10. The first-order chi connectivity index (χ1) is 11.6. The normalized spacial score (nSPS) is 20.0. The van der Waals surface area contributed by atoms with Gasteiger partial charge in [0.1, 0.15) is 17.6 Å². The Morgan fingerprint density at radius 1 is 1.21 bits per heavy atom. The Morgan fingerprint density at radius 3 is 2.67 bits per heavy atom. The van der Waals surface area contributed by atoms with E-state index in [-0.39, 0.29) is 23.8 Å². The zero-order valence-corrected chi connectivity index (χ0v) is 13.6. The highest BCUT2D eigenvalue weighted by molar-refractivity contribution is 5.96. The highest BCUT2D eigenvalue weighted by atomic mass is 19.1. The van der Waals surface area contributed by atoms with Crippen molar-refractivity contribution in [2.24, 2.45) is 0 Å². The van der Waals surface area contributed by atoms with Crippen molar-refractivity contribution in [3.05, 3.63) is 59.4 Å². The number of hydrazine groups is 1. The number of nitrogens with one attached hydrogen (secondary N) is 3. The molecule has 2 atom stereocenters. The lowest BCUT2D eigenvalue weighted by molar-refractivity contribution is -0.117. The van der Waals surface area contributed by atoms with Crippen LogP contribution in [0.2, 0.25) is 0 Å². The maximum atomic E-state index is 13.0. The van der Waals surface area contributed by atoms with Crippen LogP contribution >= 0.6 is 0 Å². The van der Waals surface area contributed by atoms with E-state index in [9.17, 15) is 9.18 Å². The van der Waals surface area contributed by atoms with Crippen LogP contribution < -0.4 is 20.9 Å². The molecule has 0 radical (unpaired) electrons. The Hall–Kier alpha value is -2.44. The molecular formula is C18H20FN3O2. The molecule has 6 heteroatoms. The number of benzene rings is 2. The minimum absolute atomic E-state index is 0.0410. The van der Waals surface area contributed by atoms with Crippen molar-refractivity contribution >= 4 is 11.6 Å². The van der Waals surface area contributed by atoms with Crippen molar-refractivity contribution in [3.63, 3.8) is 0 Å². The van der Waals surface area contributed by atoms with E-state index in [1.54, 1.807) is 19.2 Å². The number of halogens is 1. The molecule has 1 aliphatic rings. The van der Waals surface area contributed by atoms with Gasteiger partial charge in [0, 0.05) is 6.04 Å². The number of methoxy groups -OCH3 is 1. The molecule has 24 heavy (non-hydrogen) atoms. The highest BCUT2D eigenvalue weighted by Crippen LogP contribution is 2.27. The number of carbonyl (C=O) groups is 1. The largest absolute Gasteiger partial charge is 0.495 e. The summed E-state index contributed by atoms with van der Waals surface area (Å²) >= 11 is 0. The van der Waals surface area contributed by atoms with Crippen molar-refractivity contribution < 1.29 is 13.9 Å². The number of aryl methyl sites for hydroxylation is 1. The number of hydrogen-bond acceptors (Lipinski definition) is 4. The molecule has 1 fully saturated rings. The Morgan fingerprint density at radius 2 is 1.96 bits per heavy atom. The minimum atomic E-state index is -0.384. The van der Waals surface area contributed by atoms with Gasteiger partial charge >= 0.3 is 0 Å². The van der Waals surface area contributed by atoms with Crippen LogP contribution in [0, 0.1) is 12.7 Å². The fourth-order valence-corrected chi connectivity index (χ4v) is 2.78. The molecular weight excluding hydrogens is 309 g/mol. The Labute approximate surface area is 140 Å². The summed E-state index contributed by atoms with van der Waals surface area (Å²) in [5.74, 6) is 0.205. The van der Waals surface area contributed by atoms with Gasteiger partial charge in [0.25, 0.3) is 0 Å². The molecule has 3 rings (SSSR count). The summed E-state index contributed by atoms with van der Waals surface area (Å²) in [6, 6.07) is 11.5. The first-order valence-electron chi connectivity index (χ1n) is 7.79. The summed E-state index contributed by atoms with van der Waals surface area (Å²) in [4.78, 5) is 12.5. The summed E-state index contributed by atoms with van der Waals surface area (Å²) in [5.41, 5.74) is 8.70. The molecule has 3 N–H and O–H groups in total. The van der Waals surface area contributed by atoms with Crippen molar-refractivity contribution in [1.82, 2.24) is 10.9 Å². The topological polar surface area (TPSA) is 62.4 Å². The van der Waals surface area contributed by atoms with E-state index in [2.05, 4.69) is 16.2 Å². The highest BCUT2D eigenvalue weighted by Gasteiger charge is 2.30. The second kappa shape index (κ2) is 6.98. The fourth-order valence-electron chi connectivity index (χ4n) is 2.78. The average molecular weight is 329 g/mol. The van der Waals surface area contributed by atoms with E-state index in [1.165, 1.54) is 12.1 Å². The van der Waals surface area contributed by atoms with E-state index in [0.29, 0.717) is 17.9 Å². The minimum Gasteiger partial charge on any atom is -0.495 e. The second-order valence-corrected chi connectivity index (χ2v) is 5.87. The maximum Gasteiger partial charge on any atom is 0.243 e. The SMILES string of the molecule is COc1ccc(C)cc1NC(=O)C1CC(c2ccc(F)cc2)NN1. The lowest BCUT2D eigenvalue weighted by Gasteiger charge is -2.14. The number of hydrogen-bond donors (Lipinski definition) is 3. The lowest BCUT2D eigenvalue weighted by atomic mass is 10.0. The Balaban J connectivity index is 1.66. The standard InChI is InChI=1S/C18H20FN3O2/c1-11-3-8-17(24-2)15(9-11)20-18(23)16-10-14(21-22-16)12-4-6-13(19)7-5-12/h3-9,14,16,21-22H,10H2,1-2H3,(H,20,23). The first kappa shape index (κ1) is 16.4. The third-order valence-electron chi connectivity index (χ3n) is 4.10. The molecule has 0 bridgehead atoms. The average Bonchev–Trinajstić information content (AvgIpc) is 3.06. The molecule has 2 unspecified atom stereocenters. The van der Waals surface area contributed by atoms with Crippen molar-refractivity contribution in [3.8, 4) is 5.75 Å². The van der Waals surface area contributed by atoms with Gasteiger partial charge in [-0.1, -0.05) is 18.2 Å². The molecule has 1 aliphatic heterocycles. The fraction of sp³-hybridized carbons (Fsp3) is 0.278. The summed E-state index contributed by atoms with van der Waals surface area (Å²) < 4.78 is 18.3. The molecule has 0 aromatic heterocycles. The second-order valence-electron chi connectivity index (χ2n) is 5.87. The quantitative estimate of drug-likeness (QED) is 0.807. The predicted molar refractivity (Wildman–Crippen MR) is 90.2 cm³/mol. The Bertz CT molecular complexity index is 734. The van der Waals surface area contributed by atoms with Crippen LogP contribution in [0.5, 0.6) is 5.75 Å². The first-order valence-corrected chi connectivity index (χ1v) is 7.79. The van der Waals surface area contributed by atoms with Crippen LogP contribution in [0.25, 0.3) is 0 Å². The maximum absolute atomic E-state index is 13.0. The van der Waals surface area contributed by atoms with E-state index < -0.39 is 0 Å². The van der Waals surface area contributed by atoms with Gasteiger partial charge in [0.05, 0.1) is 12.8 Å². The molecule has 0 aliphatic carbocycles. The number of rotatable bonds is 4. The van der Waals surface area contributed by atoms with Crippen molar-refractivity contribution in [1.29, 1.82) is 0 Å². The predicted octanol–water partition coefficient (Wildman–Crippen LogP) is 2.69. The summed E-state index contributed by atoms with van der Waals surface area (Å²) in [6.45, 7) is 1.95. The van der Waals surface area contributed by atoms with Crippen LogP contribution in [-0.2, 0) is 4.79 Å². The van der Waals surface area contributed by atoms with Gasteiger partial charge in [-0.3, -0.25) is 4.79 Å². The molecule has 1 amide bonds. The summed E-state index contributed by atoms with van der Waals surface area (Å²) in [5, 5.41) is 2.90. The molecule has 1 heterocycles. The van der Waals surface area contributed by atoms with Gasteiger partial charge in [-0.05, 0) is 48.7 Å². The van der Waals surface area contributed by atoms with E-state index in [1.807, 2.05) is 25.1 Å². The van der Waals surface area contributed by atoms with Gasteiger partial charge in [0.15, 0.2) is 0 Å². The van der Waals surface area contributed by atoms with E-state index in [0.717, 1.165) is 11.1 Å².